The molecule has 0 saturated carbocycles. The van der Waals surface area contributed by atoms with E-state index in [1.165, 1.54) is 19.4 Å². The van der Waals surface area contributed by atoms with E-state index >= 15 is 0 Å². The van der Waals surface area contributed by atoms with Crippen molar-refractivity contribution in [1.29, 1.82) is 0 Å². The van der Waals surface area contributed by atoms with Gasteiger partial charge in [0.15, 0.2) is 0 Å². The molecule has 0 aliphatic rings. The number of aliphatic hydroxyl groups is 2. The van der Waals surface area contributed by atoms with Crippen LogP contribution in [-0.4, -0.2) is 43.6 Å². The van der Waals surface area contributed by atoms with Crippen LogP contribution in [0, 0.1) is 0 Å². The number of aliphatic hydroxyl groups excluding tert-OH is 2. The van der Waals surface area contributed by atoms with Gasteiger partial charge in [-0.25, -0.2) is 4.79 Å². The van der Waals surface area contributed by atoms with Gasteiger partial charge in [0.25, 0.3) is 0 Å². The molecule has 0 rings (SSSR count). The van der Waals surface area contributed by atoms with Crippen molar-refractivity contribution < 1.29 is 19.7 Å². The first-order valence-electron chi connectivity index (χ1n) is 6.25. The molecule has 1 atom stereocenters. The van der Waals surface area contributed by atoms with Gasteiger partial charge in [0, 0.05) is 13.6 Å². The maximum absolute atomic E-state index is 10.6. The minimum Gasteiger partial charge on any atom is -0.460 e. The zero-order valence-corrected chi connectivity index (χ0v) is 13.3. The highest BCUT2D eigenvalue weighted by Crippen LogP contribution is 2.09. The summed E-state index contributed by atoms with van der Waals surface area (Å²) in [4.78, 5) is 10.6. The number of hydrogen-bond acceptors (Lipinski definition) is 4. The summed E-state index contributed by atoms with van der Waals surface area (Å²) >= 11 is 0. The second-order valence-electron chi connectivity index (χ2n) is 5.53. The van der Waals surface area contributed by atoms with Crippen molar-refractivity contribution in [2.75, 3.05) is 13.2 Å². The summed E-state index contributed by atoms with van der Waals surface area (Å²) in [6, 6.07) is 1.48. The van der Waals surface area contributed by atoms with E-state index in [2.05, 4.69) is 37.9 Å². The highest BCUT2D eigenvalue weighted by atomic mass is 28.3. The smallest absolute Gasteiger partial charge is 0.333 e. The van der Waals surface area contributed by atoms with Crippen LogP contribution in [0.3, 0.4) is 0 Å². The molecule has 0 amide bonds. The summed E-state index contributed by atoms with van der Waals surface area (Å²) < 4.78 is 4.51. The van der Waals surface area contributed by atoms with Gasteiger partial charge in [0.2, 0.25) is 0 Å². The molecule has 4 nitrogen and oxygen atoms in total. The van der Waals surface area contributed by atoms with Crippen LogP contribution in [0.2, 0.25) is 25.7 Å². The zero-order chi connectivity index (χ0) is 14.8. The monoisotopic (exact) mass is 276 g/mol. The van der Waals surface area contributed by atoms with Gasteiger partial charge in [-0.15, -0.1) is 0 Å². The molecule has 0 aliphatic carbocycles. The summed E-state index contributed by atoms with van der Waals surface area (Å²) in [5.41, 5.74) is 0.273. The molecule has 0 saturated heterocycles. The van der Waals surface area contributed by atoms with Gasteiger partial charge in [-0.05, 0) is 6.92 Å². The quantitative estimate of drug-likeness (QED) is 0.443. The maximum Gasteiger partial charge on any atom is 0.333 e. The van der Waals surface area contributed by atoms with E-state index < -0.39 is 26.8 Å². The summed E-state index contributed by atoms with van der Waals surface area (Å²) in [6.45, 7) is 13.7. The lowest BCUT2D eigenvalue weighted by Gasteiger charge is -2.12. The predicted octanol–water partition coefficient (Wildman–Crippen LogP) is 2.19. The summed E-state index contributed by atoms with van der Waals surface area (Å²) in [5.74, 6) is -0.558. The topological polar surface area (TPSA) is 66.8 Å². The Balaban J connectivity index is 0. The molecular weight excluding hydrogens is 248 g/mol. The Labute approximate surface area is 112 Å². The summed E-state index contributed by atoms with van der Waals surface area (Å²) in [5, 5.41) is 17.1. The molecule has 0 spiro atoms. The lowest BCUT2D eigenvalue weighted by molar-refractivity contribution is -0.142. The molecule has 0 bridgehead atoms. The number of rotatable bonds is 6. The van der Waals surface area contributed by atoms with E-state index in [4.69, 9.17) is 10.2 Å². The van der Waals surface area contributed by atoms with Gasteiger partial charge in [0.05, 0.1) is 6.61 Å². The Bertz CT molecular complexity index is 246. The molecule has 0 radical (unpaired) electrons. The maximum atomic E-state index is 10.6. The number of hydrogen-bond donors (Lipinski definition) is 2. The van der Waals surface area contributed by atoms with Crippen LogP contribution in [0.1, 0.15) is 20.3 Å². The molecule has 0 aromatic carbocycles. The zero-order valence-electron chi connectivity index (χ0n) is 12.3. The Kier molecular flexibility index (Phi) is 11.2. The standard InChI is InChI=1S/C7H12O4.C6H16Si/c1-5(2)7(10)11-4-6(9)3-8;1-5-6-7(2,3)4/h6,8-9H,1,3-4H2,2H3;5-6H2,1-4H3. The van der Waals surface area contributed by atoms with Crippen molar-refractivity contribution in [3.63, 3.8) is 0 Å². The fourth-order valence-electron chi connectivity index (χ4n) is 1.10. The van der Waals surface area contributed by atoms with Crippen LogP contribution in [0.15, 0.2) is 12.2 Å². The minimum atomic E-state index is -1.00. The van der Waals surface area contributed by atoms with Crippen LogP contribution in [0.25, 0.3) is 0 Å². The molecule has 2 N–H and O–H groups in total. The Morgan fingerprint density at radius 1 is 1.39 bits per heavy atom. The van der Waals surface area contributed by atoms with Gasteiger partial charge in [-0.1, -0.05) is 45.6 Å². The van der Waals surface area contributed by atoms with Crippen molar-refractivity contribution in [2.24, 2.45) is 0 Å². The fraction of sp³-hybridized carbons (Fsp3) is 0.769. The van der Waals surface area contributed by atoms with Gasteiger partial charge >= 0.3 is 5.97 Å². The molecule has 1 unspecified atom stereocenters. The van der Waals surface area contributed by atoms with Crippen LogP contribution >= 0.6 is 0 Å². The summed E-state index contributed by atoms with van der Waals surface area (Å²) in [7, 11) is -0.657. The van der Waals surface area contributed by atoms with Crippen LogP contribution in [0.5, 0.6) is 0 Å². The summed E-state index contributed by atoms with van der Waals surface area (Å²) in [6.07, 6.45) is 0.369. The fourth-order valence-corrected chi connectivity index (χ4v) is 2.60. The molecule has 0 aliphatic heterocycles. The molecule has 18 heavy (non-hydrogen) atoms. The van der Waals surface area contributed by atoms with Gasteiger partial charge in [-0.2, -0.15) is 0 Å². The second-order valence-corrected chi connectivity index (χ2v) is 11.1. The average molecular weight is 276 g/mol. The molecule has 5 heteroatoms. The van der Waals surface area contributed by atoms with Crippen molar-refractivity contribution >= 4 is 14.0 Å². The van der Waals surface area contributed by atoms with Crippen LogP contribution in [-0.2, 0) is 9.53 Å². The number of carbonyl (C=O) groups excluding carboxylic acids is 1. The molecular formula is C13H28O4Si. The van der Waals surface area contributed by atoms with E-state index in [9.17, 15) is 4.79 Å². The van der Waals surface area contributed by atoms with E-state index in [0.29, 0.717) is 0 Å². The Hall–Kier alpha value is -0.653. The number of ether oxygens (including phenoxy) is 1. The van der Waals surface area contributed by atoms with E-state index in [1.54, 1.807) is 0 Å². The first-order valence-corrected chi connectivity index (χ1v) is 9.96. The minimum absolute atomic E-state index is 0.192. The third-order valence-electron chi connectivity index (χ3n) is 1.97. The highest BCUT2D eigenvalue weighted by Gasteiger charge is 2.09. The van der Waals surface area contributed by atoms with Crippen molar-refractivity contribution in [3.05, 3.63) is 12.2 Å². The molecule has 0 fully saturated rings. The normalized spacial score (nSPS) is 12.2. The largest absolute Gasteiger partial charge is 0.460 e. The average Bonchev–Trinajstić information content (AvgIpc) is 2.24. The van der Waals surface area contributed by atoms with Crippen LogP contribution < -0.4 is 0 Å². The second kappa shape index (κ2) is 10.3. The molecule has 0 aromatic rings. The molecule has 108 valence electrons. The number of carbonyl (C=O) groups is 1. The van der Waals surface area contributed by atoms with Crippen molar-refractivity contribution in [3.8, 4) is 0 Å². The van der Waals surface area contributed by atoms with E-state index in [-0.39, 0.29) is 12.2 Å². The SMILES string of the molecule is C=C(C)C(=O)OCC(O)CO.CCC[Si](C)(C)C. The Morgan fingerprint density at radius 2 is 1.89 bits per heavy atom. The van der Waals surface area contributed by atoms with Gasteiger partial charge < -0.3 is 14.9 Å². The highest BCUT2D eigenvalue weighted by molar-refractivity contribution is 6.76. The molecule has 0 heterocycles. The van der Waals surface area contributed by atoms with Crippen molar-refractivity contribution in [1.82, 2.24) is 0 Å². The first kappa shape index (κ1) is 19.7. The molecule has 0 aromatic heterocycles. The lowest BCUT2D eigenvalue weighted by Crippen LogP contribution is -2.22. The van der Waals surface area contributed by atoms with E-state index in [1.807, 2.05) is 0 Å². The first-order chi connectivity index (χ1) is 8.14. The van der Waals surface area contributed by atoms with Crippen molar-refractivity contribution in [2.45, 2.75) is 52.1 Å². The predicted molar refractivity (Wildman–Crippen MR) is 77.3 cm³/mol. The van der Waals surface area contributed by atoms with E-state index in [0.717, 1.165) is 0 Å². The van der Waals surface area contributed by atoms with Gasteiger partial charge in [-0.3, -0.25) is 0 Å². The Morgan fingerprint density at radius 3 is 2.11 bits per heavy atom. The third-order valence-corrected chi connectivity index (χ3v) is 3.97. The number of esters is 1. The third kappa shape index (κ3) is 15.3. The van der Waals surface area contributed by atoms with Gasteiger partial charge in [0.1, 0.15) is 12.7 Å². The van der Waals surface area contributed by atoms with Crippen LogP contribution in [0.4, 0.5) is 0 Å². The lowest BCUT2D eigenvalue weighted by atomic mass is 10.3.